The van der Waals surface area contributed by atoms with Gasteiger partial charge in [-0.1, -0.05) is 73.1 Å². The van der Waals surface area contributed by atoms with Gasteiger partial charge in [0.05, 0.1) is 32.0 Å². The topological polar surface area (TPSA) is 166 Å². The van der Waals surface area contributed by atoms with Gasteiger partial charge < -0.3 is 44.8 Å². The highest BCUT2D eigenvalue weighted by Crippen LogP contribution is 2.33. The lowest BCUT2D eigenvalue weighted by Gasteiger charge is -2.42. The van der Waals surface area contributed by atoms with E-state index in [1.54, 1.807) is 19.9 Å². The van der Waals surface area contributed by atoms with Crippen LogP contribution in [-0.2, 0) is 19.0 Å². The van der Waals surface area contributed by atoms with Gasteiger partial charge in [-0.05, 0) is 62.5 Å². The predicted molar refractivity (Wildman–Crippen MR) is 178 cm³/mol. The Morgan fingerprint density at radius 2 is 1.30 bits per heavy atom. The van der Waals surface area contributed by atoms with Gasteiger partial charge >= 0.3 is 5.97 Å². The number of esters is 1. The Kier molecular flexibility index (Phi) is 18.4. The molecule has 1 fully saturated rings. The van der Waals surface area contributed by atoms with Crippen LogP contribution in [0.25, 0.3) is 0 Å². The van der Waals surface area contributed by atoms with Crippen LogP contribution in [0.3, 0.4) is 0 Å². The molecule has 0 aromatic rings. The van der Waals surface area contributed by atoms with Crippen LogP contribution in [0.2, 0.25) is 0 Å². The lowest BCUT2D eigenvalue weighted by Crippen LogP contribution is -2.60. The highest BCUT2D eigenvalue weighted by Gasteiger charge is 2.45. The summed E-state index contributed by atoms with van der Waals surface area (Å²) in [6.45, 7) is 19.1. The molecule has 0 radical (unpaired) electrons. The highest BCUT2D eigenvalue weighted by molar-refractivity contribution is 5.87. The maximum absolute atomic E-state index is 11.8. The molecule has 0 bridgehead atoms. The average molecular weight is 657 g/mol. The zero-order valence-electron chi connectivity index (χ0n) is 30.0. The number of hydrogen-bond donors (Lipinski definition) is 6. The SMILES string of the molecule is CCC(C)CC(C)CC(C)C(O[C@@H]1O[C@H](CO)[C@H](O)[C@H](O)[C@H]1O)C(C)/C=C(\C)C(O)C(C)/C=C(\C)C(O)C(C)/C=C(\C)C(=O)OC. The van der Waals surface area contributed by atoms with Crippen molar-refractivity contribution in [3.8, 4) is 0 Å². The minimum atomic E-state index is -1.54. The van der Waals surface area contributed by atoms with Crippen molar-refractivity contribution in [2.75, 3.05) is 13.7 Å². The molecule has 1 aliphatic heterocycles. The standard InChI is InChI=1S/C36H64O10/c1-12-19(2)13-20(3)14-25(8)34(46-36-33(42)32(41)31(40)28(18-37)45-36)26(9)16-23(6)29(38)21(4)15-22(5)30(39)24(7)17-27(10)35(43)44-11/h15-17,19-21,24-26,28-34,36-42H,12-14,18H2,1-11H3/b22-15+,23-16+,27-17+/t19?,20?,21?,24?,25?,26?,28-,29?,30?,31+,32+,33-,34?,36+/m1/s1. The van der Waals surface area contributed by atoms with Gasteiger partial charge in [0.2, 0.25) is 0 Å². The monoisotopic (exact) mass is 656 g/mol. The summed E-state index contributed by atoms with van der Waals surface area (Å²) >= 11 is 0. The fourth-order valence-electron chi connectivity index (χ4n) is 6.59. The molecule has 0 aromatic carbocycles. The largest absolute Gasteiger partial charge is 0.466 e. The summed E-state index contributed by atoms with van der Waals surface area (Å²) in [6, 6.07) is 0. The maximum Gasteiger partial charge on any atom is 0.333 e. The van der Waals surface area contributed by atoms with Crippen LogP contribution in [0.1, 0.15) is 88.5 Å². The quantitative estimate of drug-likeness (QED) is 0.0724. The van der Waals surface area contributed by atoms with Gasteiger partial charge in [-0.25, -0.2) is 4.79 Å². The lowest BCUT2D eigenvalue weighted by atomic mass is 9.82. The molecular formula is C36H64O10. The Balaban J connectivity index is 3.23. The fraction of sp³-hybridized carbons (Fsp3) is 0.806. The van der Waals surface area contributed by atoms with E-state index in [4.69, 9.17) is 14.2 Å². The number of ether oxygens (including phenoxy) is 3. The molecule has 0 amide bonds. The zero-order chi connectivity index (χ0) is 35.5. The van der Waals surface area contributed by atoms with Gasteiger partial charge in [0.1, 0.15) is 24.4 Å². The molecule has 268 valence electrons. The molecule has 1 aliphatic rings. The van der Waals surface area contributed by atoms with Crippen molar-refractivity contribution < 1.29 is 49.6 Å². The molecule has 6 N–H and O–H groups in total. The number of aliphatic hydroxyl groups is 6. The van der Waals surface area contributed by atoms with Crippen LogP contribution in [0.4, 0.5) is 0 Å². The van der Waals surface area contributed by atoms with Crippen LogP contribution in [0.15, 0.2) is 34.9 Å². The normalized spacial score (nSPS) is 29.2. The number of hydrogen-bond acceptors (Lipinski definition) is 10. The summed E-state index contributed by atoms with van der Waals surface area (Å²) in [5, 5.41) is 63.2. The molecule has 9 unspecified atom stereocenters. The molecule has 0 spiro atoms. The molecule has 1 rings (SSSR count). The molecule has 0 aliphatic carbocycles. The number of rotatable bonds is 18. The van der Waals surface area contributed by atoms with Gasteiger partial charge in [-0.15, -0.1) is 0 Å². The molecule has 10 heteroatoms. The Hall–Kier alpha value is -1.63. The van der Waals surface area contributed by atoms with E-state index in [0.717, 1.165) is 19.3 Å². The van der Waals surface area contributed by atoms with E-state index in [-0.39, 0.29) is 23.7 Å². The lowest BCUT2D eigenvalue weighted by molar-refractivity contribution is -0.317. The molecule has 14 atom stereocenters. The molecule has 10 nitrogen and oxygen atoms in total. The predicted octanol–water partition coefficient (Wildman–Crippen LogP) is 3.91. The number of aliphatic hydroxyl groups excluding tert-OH is 6. The van der Waals surface area contributed by atoms with Crippen LogP contribution < -0.4 is 0 Å². The van der Waals surface area contributed by atoms with Crippen molar-refractivity contribution in [2.24, 2.45) is 35.5 Å². The van der Waals surface area contributed by atoms with E-state index in [1.807, 2.05) is 39.8 Å². The summed E-state index contributed by atoms with van der Waals surface area (Å²) in [7, 11) is 1.31. The van der Waals surface area contributed by atoms with E-state index in [9.17, 15) is 35.4 Å². The molecular weight excluding hydrogens is 592 g/mol. The van der Waals surface area contributed by atoms with Crippen LogP contribution in [0, 0.1) is 35.5 Å². The van der Waals surface area contributed by atoms with Crippen molar-refractivity contribution in [1.29, 1.82) is 0 Å². The first-order chi connectivity index (χ1) is 21.4. The molecule has 0 saturated carbocycles. The second-order valence-electron chi connectivity index (χ2n) is 14.0. The average Bonchev–Trinajstić information content (AvgIpc) is 3.01. The number of carbonyl (C=O) groups is 1. The summed E-state index contributed by atoms with van der Waals surface area (Å²) < 4.78 is 16.8. The van der Waals surface area contributed by atoms with E-state index in [0.29, 0.717) is 28.6 Å². The van der Waals surface area contributed by atoms with Gasteiger partial charge in [0.15, 0.2) is 6.29 Å². The minimum absolute atomic E-state index is 0.000295. The van der Waals surface area contributed by atoms with Gasteiger partial charge in [-0.3, -0.25) is 0 Å². The van der Waals surface area contributed by atoms with Crippen molar-refractivity contribution in [2.45, 2.75) is 138 Å². The van der Waals surface area contributed by atoms with Crippen molar-refractivity contribution >= 4 is 5.97 Å². The van der Waals surface area contributed by atoms with E-state index < -0.39 is 61.6 Å². The van der Waals surface area contributed by atoms with Crippen LogP contribution in [-0.4, -0.2) is 99.3 Å². The molecule has 1 heterocycles. The van der Waals surface area contributed by atoms with E-state index in [1.165, 1.54) is 7.11 Å². The maximum atomic E-state index is 11.8. The first-order valence-corrected chi connectivity index (χ1v) is 16.8. The second kappa shape index (κ2) is 20.0. The zero-order valence-corrected chi connectivity index (χ0v) is 30.0. The second-order valence-corrected chi connectivity index (χ2v) is 14.0. The van der Waals surface area contributed by atoms with Gasteiger partial charge in [0.25, 0.3) is 0 Å². The molecule has 46 heavy (non-hydrogen) atoms. The van der Waals surface area contributed by atoms with Crippen LogP contribution >= 0.6 is 0 Å². The van der Waals surface area contributed by atoms with Crippen molar-refractivity contribution in [3.05, 3.63) is 34.9 Å². The smallest absolute Gasteiger partial charge is 0.333 e. The summed E-state index contributed by atoms with van der Waals surface area (Å²) in [4.78, 5) is 11.8. The van der Waals surface area contributed by atoms with Crippen LogP contribution in [0.5, 0.6) is 0 Å². The molecule has 0 aromatic heterocycles. The minimum Gasteiger partial charge on any atom is -0.466 e. The Labute approximate surface area is 277 Å². The Bertz CT molecular complexity index is 1010. The van der Waals surface area contributed by atoms with Gasteiger partial charge in [0, 0.05) is 23.3 Å². The number of carbonyl (C=O) groups excluding carboxylic acids is 1. The first kappa shape index (κ1) is 42.4. The third-order valence-electron chi connectivity index (χ3n) is 9.50. The molecule has 1 saturated heterocycles. The van der Waals surface area contributed by atoms with Gasteiger partial charge in [-0.2, -0.15) is 0 Å². The third kappa shape index (κ3) is 12.4. The van der Waals surface area contributed by atoms with E-state index in [2.05, 4.69) is 27.7 Å². The summed E-state index contributed by atoms with van der Waals surface area (Å²) in [6.07, 6.45) is -0.652. The highest BCUT2D eigenvalue weighted by atomic mass is 16.7. The Morgan fingerprint density at radius 1 is 0.783 bits per heavy atom. The summed E-state index contributed by atoms with van der Waals surface area (Å²) in [5.41, 5.74) is 1.78. The van der Waals surface area contributed by atoms with Crippen molar-refractivity contribution in [3.63, 3.8) is 0 Å². The summed E-state index contributed by atoms with van der Waals surface area (Å²) in [5.74, 6) is -0.402. The van der Waals surface area contributed by atoms with E-state index >= 15 is 0 Å². The number of methoxy groups -OCH3 is 1. The first-order valence-electron chi connectivity index (χ1n) is 16.8. The van der Waals surface area contributed by atoms with Crippen molar-refractivity contribution in [1.82, 2.24) is 0 Å². The third-order valence-corrected chi connectivity index (χ3v) is 9.50. The Morgan fingerprint density at radius 3 is 1.80 bits per heavy atom. The fourth-order valence-corrected chi connectivity index (χ4v) is 6.59.